The molecule has 1 N–H and O–H groups in total. The molecule has 0 saturated heterocycles. The van der Waals surface area contributed by atoms with Crippen LogP contribution in [-0.2, 0) is 6.42 Å². The zero-order chi connectivity index (χ0) is 13.0. The molecule has 2 heterocycles. The summed E-state index contributed by atoms with van der Waals surface area (Å²) in [6.07, 6.45) is 4.10. The van der Waals surface area contributed by atoms with Gasteiger partial charge in [0, 0.05) is 12.5 Å². The lowest BCUT2D eigenvalue weighted by atomic mass is 10.2. The Kier molecular flexibility index (Phi) is 4.19. The number of rotatable bonds is 5. The maximum absolute atomic E-state index is 5.29. The van der Waals surface area contributed by atoms with Crippen LogP contribution in [0.3, 0.4) is 0 Å². The highest BCUT2D eigenvalue weighted by Gasteiger charge is 2.09. The van der Waals surface area contributed by atoms with Crippen molar-refractivity contribution in [2.45, 2.75) is 19.4 Å². The largest absolute Gasteiger partial charge is 0.480 e. The summed E-state index contributed by atoms with van der Waals surface area (Å²) in [7, 11) is 1.57. The lowest BCUT2D eigenvalue weighted by molar-refractivity contribution is 0.394. The molecule has 5 nitrogen and oxygen atoms in total. The maximum Gasteiger partial charge on any atom is 0.232 e. The summed E-state index contributed by atoms with van der Waals surface area (Å²) in [6, 6.07) is 3.99. The van der Waals surface area contributed by atoms with Crippen LogP contribution in [0.2, 0.25) is 0 Å². The minimum Gasteiger partial charge on any atom is -0.480 e. The van der Waals surface area contributed by atoms with Crippen molar-refractivity contribution in [3.63, 3.8) is 0 Å². The van der Waals surface area contributed by atoms with E-state index in [4.69, 9.17) is 9.15 Å². The predicted octanol–water partition coefficient (Wildman–Crippen LogP) is 2.88. The second-order valence-corrected chi connectivity index (χ2v) is 4.73. The average molecular weight is 312 g/mol. The van der Waals surface area contributed by atoms with Crippen molar-refractivity contribution >= 4 is 21.9 Å². The molecule has 2 aromatic rings. The first-order chi connectivity index (χ1) is 8.69. The summed E-state index contributed by atoms with van der Waals surface area (Å²) in [5.41, 5.74) is 0. The maximum atomic E-state index is 5.29. The molecule has 1 unspecified atom stereocenters. The Labute approximate surface area is 114 Å². The fourth-order valence-electron chi connectivity index (χ4n) is 1.57. The van der Waals surface area contributed by atoms with Crippen molar-refractivity contribution in [1.82, 2.24) is 9.97 Å². The highest BCUT2D eigenvalue weighted by atomic mass is 79.9. The van der Waals surface area contributed by atoms with Crippen molar-refractivity contribution in [1.29, 1.82) is 0 Å². The summed E-state index contributed by atoms with van der Waals surface area (Å²) in [5.74, 6) is 1.98. The molecular formula is C12H14BrN3O2. The smallest absolute Gasteiger partial charge is 0.232 e. The number of methoxy groups -OCH3 is 1. The molecule has 6 heteroatoms. The molecule has 0 bridgehead atoms. The minimum atomic E-state index is 0.169. The van der Waals surface area contributed by atoms with Crippen LogP contribution in [0.15, 0.2) is 33.5 Å². The molecule has 1 atom stereocenters. The van der Waals surface area contributed by atoms with Crippen LogP contribution < -0.4 is 10.1 Å². The van der Waals surface area contributed by atoms with E-state index >= 15 is 0 Å². The normalized spacial score (nSPS) is 12.2. The molecule has 0 radical (unpaired) electrons. The SMILES string of the molecule is COc1nc(NC(C)Cc2ccco2)ncc1Br. The van der Waals surface area contributed by atoms with Gasteiger partial charge in [-0.2, -0.15) is 4.98 Å². The van der Waals surface area contributed by atoms with E-state index in [0.717, 1.165) is 16.7 Å². The van der Waals surface area contributed by atoms with E-state index in [1.54, 1.807) is 19.6 Å². The van der Waals surface area contributed by atoms with Crippen molar-refractivity contribution < 1.29 is 9.15 Å². The summed E-state index contributed by atoms with van der Waals surface area (Å²) >= 11 is 3.31. The van der Waals surface area contributed by atoms with Gasteiger partial charge in [-0.15, -0.1) is 0 Å². The van der Waals surface area contributed by atoms with Gasteiger partial charge in [0.15, 0.2) is 0 Å². The predicted molar refractivity (Wildman–Crippen MR) is 71.8 cm³/mol. The number of hydrogen-bond donors (Lipinski definition) is 1. The number of nitrogens with zero attached hydrogens (tertiary/aromatic N) is 2. The third kappa shape index (κ3) is 3.22. The number of anilines is 1. The van der Waals surface area contributed by atoms with Gasteiger partial charge in [-0.05, 0) is 35.0 Å². The van der Waals surface area contributed by atoms with Gasteiger partial charge in [0.05, 0.1) is 24.0 Å². The number of furan rings is 1. The molecule has 0 amide bonds. The van der Waals surface area contributed by atoms with Crippen LogP contribution in [0.25, 0.3) is 0 Å². The quantitative estimate of drug-likeness (QED) is 0.920. The molecule has 0 aliphatic heterocycles. The van der Waals surface area contributed by atoms with Crippen molar-refractivity contribution in [2.75, 3.05) is 12.4 Å². The highest BCUT2D eigenvalue weighted by molar-refractivity contribution is 9.10. The van der Waals surface area contributed by atoms with E-state index in [1.165, 1.54) is 0 Å². The van der Waals surface area contributed by atoms with E-state index < -0.39 is 0 Å². The lowest BCUT2D eigenvalue weighted by Crippen LogP contribution is -2.19. The Hall–Kier alpha value is -1.56. The summed E-state index contributed by atoms with van der Waals surface area (Å²) in [6.45, 7) is 2.04. The van der Waals surface area contributed by atoms with Gasteiger partial charge >= 0.3 is 0 Å². The van der Waals surface area contributed by atoms with Crippen molar-refractivity contribution in [3.05, 3.63) is 34.8 Å². The highest BCUT2D eigenvalue weighted by Crippen LogP contribution is 2.22. The lowest BCUT2D eigenvalue weighted by Gasteiger charge is -2.13. The third-order valence-corrected chi connectivity index (χ3v) is 2.91. The second-order valence-electron chi connectivity index (χ2n) is 3.88. The van der Waals surface area contributed by atoms with E-state index in [9.17, 15) is 0 Å². The summed E-state index contributed by atoms with van der Waals surface area (Å²) in [5, 5.41) is 3.20. The van der Waals surface area contributed by atoms with Crippen molar-refractivity contribution in [2.24, 2.45) is 0 Å². The molecule has 0 saturated carbocycles. The van der Waals surface area contributed by atoms with Gasteiger partial charge in [0.25, 0.3) is 0 Å². The summed E-state index contributed by atoms with van der Waals surface area (Å²) < 4.78 is 11.1. The van der Waals surface area contributed by atoms with E-state index in [-0.39, 0.29) is 6.04 Å². The van der Waals surface area contributed by atoms with Crippen LogP contribution in [0.4, 0.5) is 5.95 Å². The van der Waals surface area contributed by atoms with Gasteiger partial charge < -0.3 is 14.5 Å². The third-order valence-electron chi connectivity index (χ3n) is 2.37. The van der Waals surface area contributed by atoms with Crippen LogP contribution in [0.1, 0.15) is 12.7 Å². The fraction of sp³-hybridized carbons (Fsp3) is 0.333. The molecule has 2 aromatic heterocycles. The van der Waals surface area contributed by atoms with E-state index in [0.29, 0.717) is 11.8 Å². The number of ether oxygens (including phenoxy) is 1. The van der Waals surface area contributed by atoms with E-state index in [2.05, 4.69) is 31.2 Å². The monoisotopic (exact) mass is 311 g/mol. The number of nitrogens with one attached hydrogen (secondary N) is 1. The fourth-order valence-corrected chi connectivity index (χ4v) is 1.92. The molecule has 0 aromatic carbocycles. The Balaban J connectivity index is 2.00. The number of hydrogen-bond acceptors (Lipinski definition) is 5. The van der Waals surface area contributed by atoms with Gasteiger partial charge in [-0.3, -0.25) is 0 Å². The van der Waals surface area contributed by atoms with Crippen LogP contribution in [0.5, 0.6) is 5.88 Å². The van der Waals surface area contributed by atoms with Crippen LogP contribution in [-0.4, -0.2) is 23.1 Å². The molecule has 96 valence electrons. The van der Waals surface area contributed by atoms with Crippen LogP contribution in [0, 0.1) is 0 Å². The number of halogens is 1. The first kappa shape index (κ1) is 12.9. The first-order valence-corrected chi connectivity index (χ1v) is 6.34. The molecule has 0 fully saturated rings. The molecule has 18 heavy (non-hydrogen) atoms. The molecule has 0 spiro atoms. The molecule has 2 rings (SSSR count). The molecular weight excluding hydrogens is 298 g/mol. The van der Waals surface area contributed by atoms with Gasteiger partial charge in [-0.25, -0.2) is 4.98 Å². The number of aromatic nitrogens is 2. The topological polar surface area (TPSA) is 60.2 Å². The van der Waals surface area contributed by atoms with Crippen LogP contribution >= 0.6 is 15.9 Å². The summed E-state index contributed by atoms with van der Waals surface area (Å²) in [4.78, 5) is 8.41. The zero-order valence-electron chi connectivity index (χ0n) is 10.2. The Morgan fingerprint density at radius 1 is 1.56 bits per heavy atom. The van der Waals surface area contributed by atoms with Crippen molar-refractivity contribution in [3.8, 4) is 5.88 Å². The van der Waals surface area contributed by atoms with Gasteiger partial charge in [0.2, 0.25) is 11.8 Å². The average Bonchev–Trinajstić information content (AvgIpc) is 2.84. The first-order valence-electron chi connectivity index (χ1n) is 5.54. The zero-order valence-corrected chi connectivity index (χ0v) is 11.8. The second kappa shape index (κ2) is 5.86. The minimum absolute atomic E-state index is 0.169. The molecule has 0 aliphatic carbocycles. The Morgan fingerprint density at radius 3 is 3.06 bits per heavy atom. The van der Waals surface area contributed by atoms with E-state index in [1.807, 2.05) is 19.1 Å². The van der Waals surface area contributed by atoms with Gasteiger partial charge in [-0.1, -0.05) is 0 Å². The Bertz CT molecular complexity index is 502. The van der Waals surface area contributed by atoms with Gasteiger partial charge in [0.1, 0.15) is 5.76 Å². The standard InChI is InChI=1S/C12H14BrN3O2/c1-8(6-9-4-3-5-18-9)15-12-14-7-10(13)11(16-12)17-2/h3-5,7-8H,6H2,1-2H3,(H,14,15,16). The Morgan fingerprint density at radius 2 is 2.39 bits per heavy atom. The molecule has 0 aliphatic rings.